The molecule has 3 nitrogen and oxygen atoms in total. The lowest BCUT2D eigenvalue weighted by atomic mass is 10.6. The van der Waals surface area contributed by atoms with E-state index in [9.17, 15) is 0 Å². The van der Waals surface area contributed by atoms with Gasteiger partial charge in [-0.1, -0.05) is 0 Å². The van der Waals surface area contributed by atoms with Crippen molar-refractivity contribution in [2.45, 2.75) is 5.88 Å². The van der Waals surface area contributed by atoms with Crippen molar-refractivity contribution in [3.63, 3.8) is 0 Å². The lowest BCUT2D eigenvalue weighted by Gasteiger charge is -2.12. The van der Waals surface area contributed by atoms with Crippen LogP contribution in [0.25, 0.3) is 0 Å². The van der Waals surface area contributed by atoms with Crippen molar-refractivity contribution in [3.8, 4) is 0 Å². The normalized spacial score (nSPS) is 10.4. The first-order valence-corrected chi connectivity index (χ1v) is 5.91. The summed E-state index contributed by atoms with van der Waals surface area (Å²) in [5.41, 5.74) is 0.785. The largest absolute Gasteiger partial charge is 0.432 e. The summed E-state index contributed by atoms with van der Waals surface area (Å²) in [6, 6.07) is 0.643. The van der Waals surface area contributed by atoms with Gasteiger partial charge in [0.25, 0.3) is 6.01 Å². The van der Waals surface area contributed by atoms with E-state index in [0.717, 1.165) is 18.0 Å². The Labute approximate surface area is 87.5 Å². The van der Waals surface area contributed by atoms with Crippen LogP contribution in [0.4, 0.5) is 6.01 Å². The summed E-state index contributed by atoms with van der Waals surface area (Å²) in [7, 11) is 1.96. The summed E-state index contributed by atoms with van der Waals surface area (Å²) in [5, 5.41) is 0. The van der Waals surface area contributed by atoms with Crippen LogP contribution in [-0.2, 0) is 5.88 Å². The molecule has 0 saturated carbocycles. The molecule has 0 aromatic carbocycles. The van der Waals surface area contributed by atoms with E-state index in [4.69, 9.17) is 16.0 Å². The zero-order valence-electron chi connectivity index (χ0n) is 7.79. The summed E-state index contributed by atoms with van der Waals surface area (Å²) < 4.78 is 5.24. The molecule has 0 fully saturated rings. The van der Waals surface area contributed by atoms with Crippen LogP contribution < -0.4 is 4.90 Å². The van der Waals surface area contributed by atoms with Crippen molar-refractivity contribution in [2.75, 3.05) is 30.5 Å². The summed E-state index contributed by atoms with van der Waals surface area (Å²) in [6.07, 6.45) is 3.67. The van der Waals surface area contributed by atoms with Gasteiger partial charge in [0.15, 0.2) is 0 Å². The molecule has 0 amide bonds. The molecule has 5 heteroatoms. The minimum absolute atomic E-state index is 0.403. The molecule has 1 rings (SSSR count). The lowest BCUT2D eigenvalue weighted by Crippen LogP contribution is -2.20. The molecular weight excluding hydrogens is 208 g/mol. The maximum atomic E-state index is 5.60. The minimum Gasteiger partial charge on any atom is -0.432 e. The van der Waals surface area contributed by atoms with Crippen LogP contribution in [0, 0.1) is 0 Å². The highest BCUT2D eigenvalue weighted by Gasteiger charge is 2.07. The number of aromatic nitrogens is 1. The molecule has 0 unspecified atom stereocenters. The van der Waals surface area contributed by atoms with Gasteiger partial charge < -0.3 is 9.32 Å². The number of rotatable bonds is 5. The zero-order valence-corrected chi connectivity index (χ0v) is 9.36. The van der Waals surface area contributed by atoms with Crippen LogP contribution in [0.3, 0.4) is 0 Å². The Balaban J connectivity index is 2.50. The number of thioether (sulfide) groups is 1. The van der Waals surface area contributed by atoms with Gasteiger partial charge in [-0.05, 0) is 6.26 Å². The number of alkyl halides is 1. The van der Waals surface area contributed by atoms with E-state index in [1.54, 1.807) is 18.0 Å². The second-order valence-electron chi connectivity index (χ2n) is 2.67. The Morgan fingerprint density at radius 2 is 2.46 bits per heavy atom. The van der Waals surface area contributed by atoms with Crippen molar-refractivity contribution >= 4 is 29.4 Å². The van der Waals surface area contributed by atoms with E-state index in [-0.39, 0.29) is 0 Å². The molecule has 1 aromatic rings. The molecule has 0 aliphatic heterocycles. The van der Waals surface area contributed by atoms with Gasteiger partial charge in [-0.25, -0.2) is 0 Å². The Hall–Kier alpha value is -0.350. The van der Waals surface area contributed by atoms with Crippen molar-refractivity contribution < 1.29 is 4.42 Å². The molecule has 0 atom stereocenters. The van der Waals surface area contributed by atoms with Crippen LogP contribution >= 0.6 is 23.4 Å². The van der Waals surface area contributed by atoms with Crippen molar-refractivity contribution in [3.05, 3.63) is 12.0 Å². The first kappa shape index (κ1) is 10.7. The Morgan fingerprint density at radius 1 is 1.69 bits per heavy atom. The first-order valence-electron chi connectivity index (χ1n) is 3.98. The highest BCUT2D eigenvalue weighted by atomic mass is 35.5. The quantitative estimate of drug-likeness (QED) is 0.712. The van der Waals surface area contributed by atoms with Gasteiger partial charge in [0, 0.05) is 19.3 Å². The third-order valence-electron chi connectivity index (χ3n) is 1.63. The van der Waals surface area contributed by atoms with Gasteiger partial charge in [-0.15, -0.1) is 11.6 Å². The van der Waals surface area contributed by atoms with Crippen molar-refractivity contribution in [2.24, 2.45) is 0 Å². The highest BCUT2D eigenvalue weighted by Crippen LogP contribution is 2.13. The third-order valence-corrected chi connectivity index (χ3v) is 2.50. The SMILES string of the molecule is CSCCN(C)c1nc(CCl)co1. The van der Waals surface area contributed by atoms with Gasteiger partial charge in [0.05, 0.1) is 11.6 Å². The topological polar surface area (TPSA) is 29.3 Å². The molecule has 0 saturated heterocycles. The molecule has 13 heavy (non-hydrogen) atoms. The molecule has 74 valence electrons. The maximum absolute atomic E-state index is 5.60. The molecule has 0 spiro atoms. The molecule has 0 N–H and O–H groups in total. The average molecular weight is 221 g/mol. The predicted molar refractivity (Wildman–Crippen MR) is 57.7 cm³/mol. The summed E-state index contributed by atoms with van der Waals surface area (Å²) in [6.45, 7) is 0.934. The van der Waals surface area contributed by atoms with Crippen LogP contribution in [0.1, 0.15) is 5.69 Å². The van der Waals surface area contributed by atoms with E-state index in [1.165, 1.54) is 0 Å². The fourth-order valence-corrected chi connectivity index (χ4v) is 1.44. The van der Waals surface area contributed by atoms with Crippen LogP contribution in [-0.4, -0.2) is 30.6 Å². The van der Waals surface area contributed by atoms with E-state index < -0.39 is 0 Å². The second-order valence-corrected chi connectivity index (χ2v) is 3.92. The van der Waals surface area contributed by atoms with E-state index in [2.05, 4.69) is 11.2 Å². The molecule has 1 aromatic heterocycles. The monoisotopic (exact) mass is 220 g/mol. The van der Waals surface area contributed by atoms with Gasteiger partial charge >= 0.3 is 0 Å². The first-order chi connectivity index (χ1) is 6.27. The fourth-order valence-electron chi connectivity index (χ4n) is 0.857. The number of hydrogen-bond donors (Lipinski definition) is 0. The van der Waals surface area contributed by atoms with E-state index in [1.807, 2.05) is 11.9 Å². The molecule has 0 aliphatic carbocycles. The van der Waals surface area contributed by atoms with Crippen molar-refractivity contribution in [1.82, 2.24) is 4.98 Å². The summed E-state index contributed by atoms with van der Waals surface area (Å²) in [4.78, 5) is 6.18. The van der Waals surface area contributed by atoms with E-state index >= 15 is 0 Å². The number of halogens is 1. The van der Waals surface area contributed by atoms with Crippen LogP contribution in [0.5, 0.6) is 0 Å². The lowest BCUT2D eigenvalue weighted by molar-refractivity contribution is 0.548. The fraction of sp³-hybridized carbons (Fsp3) is 0.625. The van der Waals surface area contributed by atoms with Crippen LogP contribution in [0.2, 0.25) is 0 Å². The third kappa shape index (κ3) is 3.12. The molecular formula is C8H13ClN2OS. The molecule has 0 radical (unpaired) electrons. The maximum Gasteiger partial charge on any atom is 0.297 e. The van der Waals surface area contributed by atoms with Crippen LogP contribution in [0.15, 0.2) is 10.7 Å². The highest BCUT2D eigenvalue weighted by molar-refractivity contribution is 7.98. The van der Waals surface area contributed by atoms with Crippen molar-refractivity contribution in [1.29, 1.82) is 0 Å². The van der Waals surface area contributed by atoms with Gasteiger partial charge in [0.1, 0.15) is 6.26 Å². The Kier molecular flexibility index (Phi) is 4.45. The number of anilines is 1. The molecule has 0 bridgehead atoms. The average Bonchev–Trinajstić information content (AvgIpc) is 2.62. The zero-order chi connectivity index (χ0) is 9.68. The Bertz CT molecular complexity index is 254. The Morgan fingerprint density at radius 3 is 3.00 bits per heavy atom. The summed E-state index contributed by atoms with van der Waals surface area (Å²) >= 11 is 7.40. The van der Waals surface area contributed by atoms with Gasteiger partial charge in [-0.3, -0.25) is 0 Å². The molecule has 0 aliphatic rings. The van der Waals surface area contributed by atoms with E-state index in [0.29, 0.717) is 11.9 Å². The molecule has 1 heterocycles. The number of nitrogens with zero attached hydrogens (tertiary/aromatic N) is 2. The predicted octanol–water partition coefficient (Wildman–Crippen LogP) is 2.21. The second kappa shape index (κ2) is 5.40. The number of oxazole rings is 1. The smallest absolute Gasteiger partial charge is 0.297 e. The van der Waals surface area contributed by atoms with Gasteiger partial charge in [0.2, 0.25) is 0 Å². The standard InChI is InChI=1S/C8H13ClN2OS/c1-11(3-4-13-2)8-10-7(5-9)6-12-8/h6H,3-5H2,1-2H3. The van der Waals surface area contributed by atoms with Gasteiger partial charge in [-0.2, -0.15) is 16.7 Å². The number of hydrogen-bond acceptors (Lipinski definition) is 4. The summed E-state index contributed by atoms with van der Waals surface area (Å²) in [5.74, 6) is 1.47. The minimum atomic E-state index is 0.403.